The second-order valence-corrected chi connectivity index (χ2v) is 7.21. The van der Waals surface area contributed by atoms with E-state index in [1.54, 1.807) is 29.7 Å². The minimum Gasteiger partial charge on any atom is -0.305 e. The van der Waals surface area contributed by atoms with E-state index in [9.17, 15) is 9.59 Å². The molecule has 0 aliphatic heterocycles. The zero-order valence-electron chi connectivity index (χ0n) is 17.3. The van der Waals surface area contributed by atoms with Gasteiger partial charge in [-0.05, 0) is 48.8 Å². The van der Waals surface area contributed by atoms with Gasteiger partial charge < -0.3 is 4.90 Å². The maximum absolute atomic E-state index is 13.0. The van der Waals surface area contributed by atoms with E-state index >= 15 is 0 Å². The molecule has 0 radical (unpaired) electrons. The highest BCUT2D eigenvalue weighted by Crippen LogP contribution is 2.30. The van der Waals surface area contributed by atoms with Crippen molar-refractivity contribution in [2.24, 2.45) is 0 Å². The van der Waals surface area contributed by atoms with Crippen LogP contribution >= 0.6 is 0 Å². The lowest BCUT2D eigenvalue weighted by molar-refractivity contribution is -0.124. The summed E-state index contributed by atoms with van der Waals surface area (Å²) in [5, 5.41) is 12.0. The van der Waals surface area contributed by atoms with Gasteiger partial charge in [-0.2, -0.15) is 5.06 Å². The third kappa shape index (κ3) is 4.65. The van der Waals surface area contributed by atoms with E-state index in [1.807, 2.05) is 50.5 Å². The molecule has 0 fully saturated rings. The lowest BCUT2D eigenvalue weighted by Gasteiger charge is -2.23. The number of carbonyl (C=O) groups is 2. The van der Waals surface area contributed by atoms with E-state index in [2.05, 4.69) is 4.90 Å². The molecule has 0 aromatic heterocycles. The topological polar surface area (TPSA) is 82.1 Å². The van der Waals surface area contributed by atoms with Gasteiger partial charge in [-0.1, -0.05) is 42.5 Å². The highest BCUT2D eigenvalue weighted by atomic mass is 16.7. The van der Waals surface area contributed by atoms with Crippen molar-refractivity contribution in [1.82, 2.24) is 10.4 Å². The van der Waals surface area contributed by atoms with Gasteiger partial charge in [-0.15, -0.1) is 0 Å². The van der Waals surface area contributed by atoms with Crippen LogP contribution in [0, 0.1) is 0 Å². The number of amides is 2. The minimum absolute atomic E-state index is 0.0998. The first-order valence-electron chi connectivity index (χ1n) is 9.50. The van der Waals surface area contributed by atoms with Crippen LogP contribution < -0.4 is 10.5 Å². The second-order valence-electron chi connectivity index (χ2n) is 7.21. The number of hydrogen-bond donors (Lipinski definition) is 2. The Bertz CT molecular complexity index is 1050. The highest BCUT2D eigenvalue weighted by Gasteiger charge is 2.20. The van der Waals surface area contributed by atoms with Crippen LogP contribution in [0.1, 0.15) is 21.5 Å². The fraction of sp³-hybridized carbons (Fsp3) is 0.217. The number of carbonyl (C=O) groups excluding carboxylic acids is 2. The van der Waals surface area contributed by atoms with E-state index in [0.717, 1.165) is 22.9 Å². The van der Waals surface area contributed by atoms with E-state index in [0.29, 0.717) is 11.3 Å². The predicted molar refractivity (Wildman–Crippen MR) is 115 cm³/mol. The molecule has 0 heterocycles. The molecule has 156 valence electrons. The Morgan fingerprint density at radius 3 is 2.23 bits per heavy atom. The molecule has 0 saturated carbocycles. The third-order valence-corrected chi connectivity index (χ3v) is 4.78. The molecule has 30 heavy (non-hydrogen) atoms. The Morgan fingerprint density at radius 2 is 1.63 bits per heavy atom. The Kier molecular flexibility index (Phi) is 6.79. The largest absolute Gasteiger partial charge is 0.305 e. The van der Waals surface area contributed by atoms with Gasteiger partial charge in [0.05, 0.1) is 19.2 Å². The zero-order chi connectivity index (χ0) is 21.7. The maximum atomic E-state index is 13.0. The number of fused-ring (bicyclic) bond motifs is 1. The van der Waals surface area contributed by atoms with Crippen molar-refractivity contribution in [2.75, 3.05) is 26.3 Å². The average molecular weight is 407 g/mol. The minimum atomic E-state index is -0.601. The molecule has 0 spiro atoms. The number of hydroxylamine groups is 2. The molecule has 7 heteroatoms. The first-order valence-corrected chi connectivity index (χ1v) is 9.50. The number of hydrogen-bond acceptors (Lipinski definition) is 5. The van der Waals surface area contributed by atoms with Crippen LogP contribution in [0.15, 0.2) is 60.7 Å². The van der Waals surface area contributed by atoms with Crippen molar-refractivity contribution >= 4 is 28.3 Å². The second kappa shape index (κ2) is 9.49. The Morgan fingerprint density at radius 1 is 0.967 bits per heavy atom. The maximum Gasteiger partial charge on any atom is 0.274 e. The van der Waals surface area contributed by atoms with Crippen molar-refractivity contribution in [3.05, 3.63) is 77.4 Å². The Balaban J connectivity index is 1.89. The standard InChI is InChI=1S/C23H25N3O4/c1-25(2)15-18-12-13-21(20-7-5-4-6-19(18)20)26(30-3)22(27)14-16-8-10-17(11-9-16)23(28)24-29/h4-13,29H,14-15H2,1-3H3,(H,24,28). The van der Waals surface area contributed by atoms with Gasteiger partial charge in [0.15, 0.2) is 0 Å². The number of benzene rings is 3. The molecule has 3 rings (SSSR count). The van der Waals surface area contributed by atoms with Gasteiger partial charge in [0.1, 0.15) is 0 Å². The first-order chi connectivity index (χ1) is 14.4. The van der Waals surface area contributed by atoms with Gasteiger partial charge >= 0.3 is 0 Å². The van der Waals surface area contributed by atoms with Crippen molar-refractivity contribution in [2.45, 2.75) is 13.0 Å². The predicted octanol–water partition coefficient (Wildman–Crippen LogP) is 3.16. The van der Waals surface area contributed by atoms with Crippen LogP contribution in [-0.4, -0.2) is 43.1 Å². The molecular weight excluding hydrogens is 382 g/mol. The summed E-state index contributed by atoms with van der Waals surface area (Å²) >= 11 is 0. The monoisotopic (exact) mass is 407 g/mol. The molecule has 0 saturated heterocycles. The number of nitrogens with one attached hydrogen (secondary N) is 1. The molecule has 2 N–H and O–H groups in total. The molecule has 3 aromatic carbocycles. The van der Waals surface area contributed by atoms with Gasteiger partial charge in [-0.3, -0.25) is 19.6 Å². The van der Waals surface area contributed by atoms with Crippen LogP contribution in [0.25, 0.3) is 10.8 Å². The van der Waals surface area contributed by atoms with Crippen molar-refractivity contribution in [3.63, 3.8) is 0 Å². The molecule has 3 aromatic rings. The summed E-state index contributed by atoms with van der Waals surface area (Å²) in [6.07, 6.45) is 0.0998. The summed E-state index contributed by atoms with van der Waals surface area (Å²) in [5.41, 5.74) is 4.46. The quantitative estimate of drug-likeness (QED) is 0.464. The molecular formula is C23H25N3O4. The molecule has 0 aliphatic rings. The summed E-state index contributed by atoms with van der Waals surface area (Å²) < 4.78 is 0. The van der Waals surface area contributed by atoms with E-state index in [4.69, 9.17) is 10.0 Å². The number of anilines is 1. The van der Waals surface area contributed by atoms with E-state index < -0.39 is 5.91 Å². The third-order valence-electron chi connectivity index (χ3n) is 4.78. The Hall–Kier alpha value is -3.26. The summed E-state index contributed by atoms with van der Waals surface area (Å²) in [6.45, 7) is 0.787. The van der Waals surface area contributed by atoms with Gasteiger partial charge in [-0.25, -0.2) is 5.48 Å². The lowest BCUT2D eigenvalue weighted by Crippen LogP contribution is -2.31. The molecule has 2 amide bonds. The highest BCUT2D eigenvalue weighted by molar-refractivity contribution is 6.04. The fourth-order valence-electron chi connectivity index (χ4n) is 3.42. The van der Waals surface area contributed by atoms with Crippen LogP contribution in [0.3, 0.4) is 0 Å². The van der Waals surface area contributed by atoms with Gasteiger partial charge in [0.2, 0.25) is 0 Å². The lowest BCUT2D eigenvalue weighted by atomic mass is 10.0. The molecule has 0 aliphatic carbocycles. The summed E-state index contributed by atoms with van der Waals surface area (Å²) in [4.78, 5) is 32.0. The van der Waals surface area contributed by atoms with Crippen LogP contribution in [0.5, 0.6) is 0 Å². The van der Waals surface area contributed by atoms with E-state index in [-0.39, 0.29) is 12.3 Å². The zero-order valence-corrected chi connectivity index (χ0v) is 17.3. The average Bonchev–Trinajstić information content (AvgIpc) is 2.75. The van der Waals surface area contributed by atoms with Crippen molar-refractivity contribution < 1.29 is 19.6 Å². The van der Waals surface area contributed by atoms with Crippen LogP contribution in [0.4, 0.5) is 5.69 Å². The molecule has 7 nitrogen and oxygen atoms in total. The SMILES string of the molecule is CON(C(=O)Cc1ccc(C(=O)NO)cc1)c1ccc(CN(C)C)c2ccccc12. The molecule has 0 atom stereocenters. The first kappa shape index (κ1) is 21.4. The normalized spacial score (nSPS) is 11.0. The summed E-state index contributed by atoms with van der Waals surface area (Å²) in [6, 6.07) is 18.3. The fourth-order valence-corrected chi connectivity index (χ4v) is 3.42. The van der Waals surface area contributed by atoms with E-state index in [1.165, 1.54) is 17.7 Å². The number of rotatable bonds is 7. The molecule has 0 bridgehead atoms. The smallest absolute Gasteiger partial charge is 0.274 e. The number of nitrogens with zero attached hydrogens (tertiary/aromatic N) is 2. The molecule has 0 unspecified atom stereocenters. The van der Waals surface area contributed by atoms with Crippen molar-refractivity contribution in [1.29, 1.82) is 0 Å². The van der Waals surface area contributed by atoms with Gasteiger partial charge in [0, 0.05) is 17.5 Å². The van der Waals surface area contributed by atoms with Gasteiger partial charge in [0.25, 0.3) is 11.8 Å². The summed E-state index contributed by atoms with van der Waals surface area (Å²) in [5.74, 6) is -0.835. The Labute approximate surface area is 175 Å². The van der Waals surface area contributed by atoms with Crippen LogP contribution in [-0.2, 0) is 22.6 Å². The van der Waals surface area contributed by atoms with Crippen molar-refractivity contribution in [3.8, 4) is 0 Å². The summed E-state index contributed by atoms with van der Waals surface area (Å²) in [7, 11) is 5.50. The van der Waals surface area contributed by atoms with Crippen LogP contribution in [0.2, 0.25) is 0 Å².